The first-order valence-corrected chi connectivity index (χ1v) is 1.73. The van der Waals surface area contributed by atoms with E-state index in [1.807, 2.05) is 0 Å². The van der Waals surface area contributed by atoms with Gasteiger partial charge in [0.05, 0.1) is 11.9 Å². The summed E-state index contributed by atoms with van der Waals surface area (Å²) in [5.74, 6) is -3.09. The van der Waals surface area contributed by atoms with Gasteiger partial charge in [-0.05, 0) is 12.2 Å². The van der Waals surface area contributed by atoms with Gasteiger partial charge < -0.3 is 19.8 Å². The molecule has 0 fully saturated rings. The Morgan fingerprint density at radius 3 is 1.09 bits per heavy atom. The number of rotatable bonds is 2. The largest absolute Gasteiger partial charge is 1.00 e. The Kier molecular flexibility index (Phi) is 29.7. The fraction of sp³-hybridized carbons (Fsp3) is 0. The third kappa shape index (κ3) is 24.5. The molecule has 0 amide bonds. The number of hydrogen-bond donors (Lipinski definition) is 0. The van der Waals surface area contributed by atoms with Crippen molar-refractivity contribution < 1.29 is 108 Å². The first kappa shape index (κ1) is 23.0. The Bertz CT molecular complexity index is 128. The van der Waals surface area contributed by atoms with Crippen LogP contribution in [-0.4, -0.2) is 11.9 Å². The molecule has 0 spiro atoms. The van der Waals surface area contributed by atoms with Gasteiger partial charge in [0, 0.05) is 0 Å². The summed E-state index contributed by atoms with van der Waals surface area (Å²) in [5.41, 5.74) is 0. The molecule has 0 saturated carbocycles. The van der Waals surface area contributed by atoms with Crippen molar-refractivity contribution in [3.05, 3.63) is 12.2 Å². The van der Waals surface area contributed by atoms with Crippen molar-refractivity contribution in [2.45, 2.75) is 0 Å². The van der Waals surface area contributed by atoms with Gasteiger partial charge in [0.1, 0.15) is 0 Å². The molecule has 0 aromatic heterocycles. The SMILES string of the molecule is O=C([O-])/C=C\C(=O)[O-].[Na+].[Na+].[Na+]. The van der Waals surface area contributed by atoms with E-state index in [0.29, 0.717) is 12.2 Å². The molecule has 0 aliphatic heterocycles. The number of hydrogen-bond acceptors (Lipinski definition) is 4. The molecule has 0 radical (unpaired) electrons. The average Bonchev–Trinajstić information content (AvgIpc) is 1.61. The van der Waals surface area contributed by atoms with E-state index >= 15 is 0 Å². The normalized spacial score (nSPS) is 6.91. The topological polar surface area (TPSA) is 80.3 Å². The van der Waals surface area contributed by atoms with Crippen LogP contribution < -0.4 is 98.9 Å². The Balaban J connectivity index is -0.0000000817. The van der Waals surface area contributed by atoms with E-state index in [1.165, 1.54) is 0 Å². The molecule has 0 saturated heterocycles. The summed E-state index contributed by atoms with van der Waals surface area (Å²) in [6, 6.07) is 0. The number of carbonyl (C=O) groups excluding carboxylic acids is 2. The fourth-order valence-electron chi connectivity index (χ4n) is 0.136. The van der Waals surface area contributed by atoms with Crippen LogP contribution in [0.2, 0.25) is 0 Å². The zero-order valence-electron chi connectivity index (χ0n) is 6.79. The van der Waals surface area contributed by atoms with Gasteiger partial charge in [-0.2, -0.15) is 0 Å². The molecule has 0 rings (SSSR count). The molecule has 0 unspecified atom stereocenters. The van der Waals surface area contributed by atoms with Gasteiger partial charge in [0.25, 0.3) is 0 Å². The Hall–Kier alpha value is 1.68. The zero-order valence-corrected chi connectivity index (χ0v) is 12.8. The van der Waals surface area contributed by atoms with Gasteiger partial charge in [0.15, 0.2) is 0 Å². The average molecular weight is 183 g/mol. The number of carbonyl (C=O) groups is 2. The maximum Gasteiger partial charge on any atom is 1.00 e. The Morgan fingerprint density at radius 1 is 0.818 bits per heavy atom. The second-order valence-corrected chi connectivity index (χ2v) is 0.971. The van der Waals surface area contributed by atoms with E-state index in [2.05, 4.69) is 0 Å². The van der Waals surface area contributed by atoms with Crippen LogP contribution in [0.4, 0.5) is 0 Å². The Labute approximate surface area is 130 Å². The van der Waals surface area contributed by atoms with Gasteiger partial charge in [-0.1, -0.05) is 0 Å². The minimum atomic E-state index is -1.55. The predicted molar refractivity (Wildman–Crippen MR) is 19.2 cm³/mol. The van der Waals surface area contributed by atoms with Crippen molar-refractivity contribution >= 4 is 11.9 Å². The molecule has 0 aliphatic carbocycles. The van der Waals surface area contributed by atoms with Crippen molar-refractivity contribution in [2.24, 2.45) is 0 Å². The molecule has 0 bridgehead atoms. The first-order valence-electron chi connectivity index (χ1n) is 1.73. The quantitative estimate of drug-likeness (QED) is 0.314. The molecular weight excluding hydrogens is 181 g/mol. The van der Waals surface area contributed by atoms with Crippen molar-refractivity contribution in [1.82, 2.24) is 0 Å². The van der Waals surface area contributed by atoms with E-state index in [-0.39, 0.29) is 88.7 Å². The van der Waals surface area contributed by atoms with Crippen molar-refractivity contribution in [3.63, 3.8) is 0 Å². The molecule has 4 nitrogen and oxygen atoms in total. The molecule has 7 heteroatoms. The van der Waals surface area contributed by atoms with Crippen LogP contribution in [0.15, 0.2) is 12.2 Å². The molecule has 0 aromatic rings. The summed E-state index contributed by atoms with van der Waals surface area (Å²) >= 11 is 0. The van der Waals surface area contributed by atoms with Crippen LogP contribution in [0, 0.1) is 0 Å². The van der Waals surface area contributed by atoms with Crippen LogP contribution in [0.5, 0.6) is 0 Å². The molecule has 0 atom stereocenters. The molecule has 0 aromatic carbocycles. The first-order chi connectivity index (χ1) is 3.63. The van der Waals surface area contributed by atoms with E-state index in [9.17, 15) is 19.8 Å². The van der Waals surface area contributed by atoms with Crippen LogP contribution in [0.25, 0.3) is 0 Å². The number of carboxylic acid groups (broad SMARTS) is 2. The minimum Gasteiger partial charge on any atom is -0.545 e. The summed E-state index contributed by atoms with van der Waals surface area (Å²) in [6.45, 7) is 0. The number of aliphatic carboxylic acids is 2. The van der Waals surface area contributed by atoms with Crippen LogP contribution in [-0.2, 0) is 9.59 Å². The molecular formula is C4H2Na3O4+. The maximum atomic E-state index is 9.41. The van der Waals surface area contributed by atoms with Gasteiger partial charge >= 0.3 is 88.7 Å². The molecule has 0 N–H and O–H groups in total. The third-order valence-electron chi connectivity index (χ3n) is 0.355. The van der Waals surface area contributed by atoms with Crippen LogP contribution >= 0.6 is 0 Å². The maximum absolute atomic E-state index is 9.41. The molecule has 44 valence electrons. The van der Waals surface area contributed by atoms with E-state index in [0.717, 1.165) is 0 Å². The minimum absolute atomic E-state index is 0. The summed E-state index contributed by atoms with van der Waals surface area (Å²) in [6.07, 6.45) is 0.769. The van der Waals surface area contributed by atoms with E-state index in [1.54, 1.807) is 0 Å². The van der Waals surface area contributed by atoms with E-state index in [4.69, 9.17) is 0 Å². The van der Waals surface area contributed by atoms with Crippen LogP contribution in [0.1, 0.15) is 0 Å². The summed E-state index contributed by atoms with van der Waals surface area (Å²) in [5, 5.41) is 18.8. The Morgan fingerprint density at radius 2 is 1.00 bits per heavy atom. The fourth-order valence-corrected chi connectivity index (χ4v) is 0.136. The van der Waals surface area contributed by atoms with Crippen molar-refractivity contribution in [2.75, 3.05) is 0 Å². The van der Waals surface area contributed by atoms with Gasteiger partial charge in [0.2, 0.25) is 0 Å². The standard InChI is InChI=1S/C4H4O4.3Na/c5-3(6)1-2-4(7)8;;;/h1-2H,(H,5,6)(H,7,8);;;/q;3*+1/p-2/b2-1-;;;. The molecule has 0 heterocycles. The van der Waals surface area contributed by atoms with Crippen molar-refractivity contribution in [1.29, 1.82) is 0 Å². The van der Waals surface area contributed by atoms with Gasteiger partial charge in [-0.25, -0.2) is 0 Å². The second kappa shape index (κ2) is 14.2. The predicted octanol–water partition coefficient (Wildman–Crippen LogP) is -11.9. The zero-order chi connectivity index (χ0) is 6.57. The summed E-state index contributed by atoms with van der Waals surface area (Å²) < 4.78 is 0. The molecule has 0 aliphatic rings. The van der Waals surface area contributed by atoms with Gasteiger partial charge in [-0.3, -0.25) is 0 Å². The van der Waals surface area contributed by atoms with Crippen molar-refractivity contribution in [3.8, 4) is 0 Å². The smallest absolute Gasteiger partial charge is 0.545 e. The number of carboxylic acids is 2. The molecule has 11 heavy (non-hydrogen) atoms. The summed E-state index contributed by atoms with van der Waals surface area (Å²) in [4.78, 5) is 18.8. The van der Waals surface area contributed by atoms with E-state index < -0.39 is 11.9 Å². The van der Waals surface area contributed by atoms with Crippen LogP contribution in [0.3, 0.4) is 0 Å². The third-order valence-corrected chi connectivity index (χ3v) is 0.355. The van der Waals surface area contributed by atoms with Gasteiger partial charge in [-0.15, -0.1) is 0 Å². The monoisotopic (exact) mass is 183 g/mol. The summed E-state index contributed by atoms with van der Waals surface area (Å²) in [7, 11) is 0. The second-order valence-electron chi connectivity index (χ2n) is 0.971.